The largest absolute Gasteiger partial charge is 0.396 e. The van der Waals surface area contributed by atoms with Crippen LogP contribution in [0.25, 0.3) is 0 Å². The number of carbonyl (C=O) groups excluding carboxylic acids is 1. The summed E-state index contributed by atoms with van der Waals surface area (Å²) in [5.41, 5.74) is 0. The zero-order chi connectivity index (χ0) is 14.8. The molecule has 1 aromatic carbocycles. The van der Waals surface area contributed by atoms with Gasteiger partial charge in [0.1, 0.15) is 0 Å². The summed E-state index contributed by atoms with van der Waals surface area (Å²) in [7, 11) is 0. The monoisotopic (exact) mass is 296 g/mol. The van der Waals surface area contributed by atoms with Crippen LogP contribution in [0.15, 0.2) is 35.2 Å². The number of amides is 2. The Bertz CT molecular complexity index is 387. The molecule has 0 radical (unpaired) electrons. The van der Waals surface area contributed by atoms with E-state index in [0.717, 1.165) is 6.42 Å². The van der Waals surface area contributed by atoms with Crippen LogP contribution in [0, 0.1) is 0 Å². The number of hydrogen-bond acceptors (Lipinski definition) is 3. The van der Waals surface area contributed by atoms with Gasteiger partial charge in [-0.15, -0.1) is 11.8 Å². The molecule has 3 N–H and O–H groups in total. The number of benzene rings is 1. The lowest BCUT2D eigenvalue weighted by atomic mass is 10.2. The number of hydrogen-bond donors (Lipinski definition) is 3. The van der Waals surface area contributed by atoms with E-state index in [1.165, 1.54) is 4.90 Å². The molecule has 112 valence electrons. The third kappa shape index (κ3) is 7.40. The molecule has 0 saturated carbocycles. The summed E-state index contributed by atoms with van der Waals surface area (Å²) >= 11 is 1.74. The van der Waals surface area contributed by atoms with Crippen LogP contribution in [0.4, 0.5) is 4.79 Å². The van der Waals surface area contributed by atoms with Crippen molar-refractivity contribution in [1.29, 1.82) is 0 Å². The zero-order valence-electron chi connectivity index (χ0n) is 12.1. The number of urea groups is 1. The van der Waals surface area contributed by atoms with E-state index in [2.05, 4.69) is 29.7 Å². The van der Waals surface area contributed by atoms with Crippen molar-refractivity contribution in [1.82, 2.24) is 10.6 Å². The number of rotatable bonds is 8. The SMILES string of the molecule is CC(CCCO)NC(=O)NCC(C)Sc1ccccc1. The molecule has 0 bridgehead atoms. The lowest BCUT2D eigenvalue weighted by molar-refractivity contribution is 0.234. The summed E-state index contributed by atoms with van der Waals surface area (Å²) in [5, 5.41) is 14.8. The molecule has 2 unspecified atom stereocenters. The van der Waals surface area contributed by atoms with Crippen LogP contribution in [0.3, 0.4) is 0 Å². The van der Waals surface area contributed by atoms with Crippen LogP contribution in [0.5, 0.6) is 0 Å². The molecule has 0 saturated heterocycles. The molecule has 1 aromatic rings. The number of thioether (sulfide) groups is 1. The molecule has 1 rings (SSSR count). The summed E-state index contributed by atoms with van der Waals surface area (Å²) in [5.74, 6) is 0. The second kappa shape index (κ2) is 9.66. The molecular formula is C15H24N2O2S. The molecule has 0 aliphatic heterocycles. The summed E-state index contributed by atoms with van der Waals surface area (Å²) in [6.07, 6.45) is 1.50. The Morgan fingerprint density at radius 1 is 1.30 bits per heavy atom. The Labute approximate surface area is 125 Å². The maximum atomic E-state index is 11.7. The Kier molecular flexibility index (Phi) is 8.14. The van der Waals surface area contributed by atoms with Crippen LogP contribution in [-0.2, 0) is 0 Å². The van der Waals surface area contributed by atoms with Crippen molar-refractivity contribution in [3.8, 4) is 0 Å². The first-order chi connectivity index (χ1) is 9.61. The summed E-state index contributed by atoms with van der Waals surface area (Å²) in [6, 6.07) is 10.1. The van der Waals surface area contributed by atoms with Gasteiger partial charge in [0, 0.05) is 29.3 Å². The normalized spacial score (nSPS) is 13.6. The van der Waals surface area contributed by atoms with Gasteiger partial charge in [-0.3, -0.25) is 0 Å². The molecule has 2 atom stereocenters. The predicted octanol–water partition coefficient (Wildman–Crippen LogP) is 2.63. The molecule has 0 spiro atoms. The second-order valence-corrected chi connectivity index (χ2v) is 6.37. The maximum absolute atomic E-state index is 11.7. The Balaban J connectivity index is 2.20. The minimum absolute atomic E-state index is 0.0826. The van der Waals surface area contributed by atoms with Crippen molar-refractivity contribution in [3.63, 3.8) is 0 Å². The molecule has 0 aromatic heterocycles. The number of aliphatic hydroxyl groups excluding tert-OH is 1. The van der Waals surface area contributed by atoms with Gasteiger partial charge in [-0.2, -0.15) is 0 Å². The van der Waals surface area contributed by atoms with E-state index >= 15 is 0 Å². The summed E-state index contributed by atoms with van der Waals surface area (Å²) < 4.78 is 0. The Hall–Kier alpha value is -1.20. The summed E-state index contributed by atoms with van der Waals surface area (Å²) in [6.45, 7) is 4.82. The first-order valence-electron chi connectivity index (χ1n) is 6.98. The van der Waals surface area contributed by atoms with Crippen molar-refractivity contribution in [2.24, 2.45) is 0 Å². The number of aliphatic hydroxyl groups is 1. The van der Waals surface area contributed by atoms with Gasteiger partial charge in [0.25, 0.3) is 0 Å². The van der Waals surface area contributed by atoms with Crippen molar-refractivity contribution in [2.45, 2.75) is 42.9 Å². The van der Waals surface area contributed by atoms with Crippen molar-refractivity contribution in [3.05, 3.63) is 30.3 Å². The van der Waals surface area contributed by atoms with Crippen molar-refractivity contribution >= 4 is 17.8 Å². The van der Waals surface area contributed by atoms with Crippen LogP contribution in [-0.4, -0.2) is 35.6 Å². The standard InChI is InChI=1S/C15H24N2O2S/c1-12(7-6-10-18)17-15(19)16-11-13(2)20-14-8-4-3-5-9-14/h3-5,8-9,12-13,18H,6-7,10-11H2,1-2H3,(H2,16,17,19). The van der Waals surface area contributed by atoms with Crippen LogP contribution >= 0.6 is 11.8 Å². The minimum Gasteiger partial charge on any atom is -0.396 e. The van der Waals surface area contributed by atoms with Gasteiger partial charge < -0.3 is 15.7 Å². The van der Waals surface area contributed by atoms with E-state index in [9.17, 15) is 4.79 Å². The average Bonchev–Trinajstić information content (AvgIpc) is 2.44. The minimum atomic E-state index is -0.143. The molecule has 2 amide bonds. The fourth-order valence-electron chi connectivity index (χ4n) is 1.75. The van der Waals surface area contributed by atoms with E-state index < -0.39 is 0 Å². The zero-order valence-corrected chi connectivity index (χ0v) is 13.0. The van der Waals surface area contributed by atoms with E-state index in [1.54, 1.807) is 11.8 Å². The number of nitrogens with one attached hydrogen (secondary N) is 2. The van der Waals surface area contributed by atoms with Gasteiger partial charge in [-0.25, -0.2) is 4.79 Å². The van der Waals surface area contributed by atoms with Crippen LogP contribution < -0.4 is 10.6 Å². The molecule has 0 heterocycles. The van der Waals surface area contributed by atoms with Crippen molar-refractivity contribution in [2.75, 3.05) is 13.2 Å². The van der Waals surface area contributed by atoms with E-state index in [-0.39, 0.29) is 18.7 Å². The maximum Gasteiger partial charge on any atom is 0.315 e. The highest BCUT2D eigenvalue weighted by Gasteiger charge is 2.09. The molecule has 5 heteroatoms. The highest BCUT2D eigenvalue weighted by molar-refractivity contribution is 8.00. The highest BCUT2D eigenvalue weighted by atomic mass is 32.2. The second-order valence-electron chi connectivity index (χ2n) is 4.86. The molecular weight excluding hydrogens is 272 g/mol. The molecule has 0 aliphatic rings. The van der Waals surface area contributed by atoms with E-state index in [0.29, 0.717) is 18.2 Å². The molecule has 0 fully saturated rings. The van der Waals surface area contributed by atoms with Crippen molar-refractivity contribution < 1.29 is 9.90 Å². The van der Waals surface area contributed by atoms with Gasteiger partial charge in [0.15, 0.2) is 0 Å². The van der Waals surface area contributed by atoms with Gasteiger partial charge in [0.05, 0.1) is 0 Å². The molecule has 0 aliphatic carbocycles. The smallest absolute Gasteiger partial charge is 0.315 e. The van der Waals surface area contributed by atoms with E-state index in [1.807, 2.05) is 25.1 Å². The topological polar surface area (TPSA) is 61.4 Å². The molecule has 20 heavy (non-hydrogen) atoms. The quantitative estimate of drug-likeness (QED) is 0.646. The average molecular weight is 296 g/mol. The summed E-state index contributed by atoms with van der Waals surface area (Å²) in [4.78, 5) is 12.9. The molecule has 4 nitrogen and oxygen atoms in total. The van der Waals surface area contributed by atoms with E-state index in [4.69, 9.17) is 5.11 Å². The lowest BCUT2D eigenvalue weighted by Crippen LogP contribution is -2.42. The van der Waals surface area contributed by atoms with Gasteiger partial charge >= 0.3 is 6.03 Å². The predicted molar refractivity (Wildman–Crippen MR) is 84.1 cm³/mol. The highest BCUT2D eigenvalue weighted by Crippen LogP contribution is 2.21. The van der Waals surface area contributed by atoms with Crippen LogP contribution in [0.2, 0.25) is 0 Å². The third-order valence-electron chi connectivity index (χ3n) is 2.80. The Morgan fingerprint density at radius 2 is 2.00 bits per heavy atom. The first kappa shape index (κ1) is 16.9. The first-order valence-corrected chi connectivity index (χ1v) is 7.86. The number of carbonyl (C=O) groups is 1. The van der Waals surface area contributed by atoms with Crippen LogP contribution in [0.1, 0.15) is 26.7 Å². The van der Waals surface area contributed by atoms with Gasteiger partial charge in [-0.1, -0.05) is 25.1 Å². The third-order valence-corrected chi connectivity index (χ3v) is 3.92. The fourth-order valence-corrected chi connectivity index (χ4v) is 2.70. The fraction of sp³-hybridized carbons (Fsp3) is 0.533. The van der Waals surface area contributed by atoms with Gasteiger partial charge in [-0.05, 0) is 31.9 Å². The van der Waals surface area contributed by atoms with Gasteiger partial charge in [0.2, 0.25) is 0 Å². The Morgan fingerprint density at radius 3 is 2.65 bits per heavy atom. The lowest BCUT2D eigenvalue weighted by Gasteiger charge is -2.16.